The predicted molar refractivity (Wildman–Crippen MR) is 62.5 cm³/mol. The second-order valence-corrected chi connectivity index (χ2v) is 5.20. The molecule has 0 spiro atoms. The van der Waals surface area contributed by atoms with E-state index in [9.17, 15) is 0 Å². The highest BCUT2D eigenvalue weighted by molar-refractivity contribution is 8.00. The van der Waals surface area contributed by atoms with Gasteiger partial charge >= 0.3 is 0 Å². The van der Waals surface area contributed by atoms with Crippen LogP contribution in [0.4, 0.5) is 0 Å². The van der Waals surface area contributed by atoms with Gasteiger partial charge in [0.15, 0.2) is 4.34 Å². The summed E-state index contributed by atoms with van der Waals surface area (Å²) < 4.78 is 4.72. The van der Waals surface area contributed by atoms with Crippen molar-refractivity contribution in [2.75, 3.05) is 0 Å². The average Bonchev–Trinajstić information content (AvgIpc) is 2.70. The summed E-state index contributed by atoms with van der Waals surface area (Å²) in [7, 11) is 0. The lowest BCUT2D eigenvalue weighted by atomic mass is 10.1. The molecule has 0 aliphatic heterocycles. The first kappa shape index (κ1) is 11.0. The van der Waals surface area contributed by atoms with Gasteiger partial charge in [0.1, 0.15) is 17.4 Å². The number of nitriles is 1. The molecule has 0 aliphatic rings. The first-order valence-electron chi connectivity index (χ1n) is 4.53. The van der Waals surface area contributed by atoms with Crippen LogP contribution in [0.2, 0.25) is 0 Å². The molecule has 0 amide bonds. The fourth-order valence-electron chi connectivity index (χ4n) is 1.30. The minimum absolute atomic E-state index is 0.616. The van der Waals surface area contributed by atoms with Crippen LogP contribution in [0.3, 0.4) is 0 Å². The minimum atomic E-state index is 0.616. The van der Waals surface area contributed by atoms with E-state index in [4.69, 9.17) is 5.26 Å². The lowest BCUT2D eigenvalue weighted by molar-refractivity contribution is 1.03. The van der Waals surface area contributed by atoms with Crippen molar-refractivity contribution in [1.29, 1.82) is 5.26 Å². The first-order valence-corrected chi connectivity index (χ1v) is 6.12. The second-order valence-electron chi connectivity index (χ2n) is 3.18. The third-order valence-electron chi connectivity index (χ3n) is 1.95. The zero-order valence-corrected chi connectivity index (χ0v) is 10.4. The molecule has 0 atom stereocenters. The van der Waals surface area contributed by atoms with Crippen molar-refractivity contribution in [2.24, 2.45) is 0 Å². The maximum absolute atomic E-state index is 9.08. The maximum Gasteiger partial charge on any atom is 0.176 e. The molecule has 0 aliphatic carbocycles. The quantitative estimate of drug-likeness (QED) is 0.817. The zero-order chi connectivity index (χ0) is 11.5. The number of aromatic nitrogens is 3. The van der Waals surface area contributed by atoms with E-state index >= 15 is 0 Å². The molecule has 0 radical (unpaired) electrons. The van der Waals surface area contributed by atoms with Gasteiger partial charge in [-0.25, -0.2) is 9.97 Å². The van der Waals surface area contributed by atoms with Crippen molar-refractivity contribution < 1.29 is 0 Å². The molecule has 6 heteroatoms. The van der Waals surface area contributed by atoms with E-state index in [0.29, 0.717) is 10.6 Å². The zero-order valence-electron chi connectivity index (χ0n) is 8.76. The predicted octanol–water partition coefficient (Wildman–Crippen LogP) is 2.57. The molecular weight excluding hydrogens is 240 g/mol. The number of nitrogens with zero attached hydrogens (tertiary/aromatic N) is 4. The maximum atomic E-state index is 9.08. The van der Waals surface area contributed by atoms with E-state index in [1.54, 1.807) is 0 Å². The highest BCUT2D eigenvalue weighted by Crippen LogP contribution is 2.30. The molecule has 0 bridgehead atoms. The molecular formula is C10H8N4S2. The van der Waals surface area contributed by atoms with Crippen molar-refractivity contribution in [3.8, 4) is 6.07 Å². The van der Waals surface area contributed by atoms with Crippen LogP contribution in [0.15, 0.2) is 21.8 Å². The van der Waals surface area contributed by atoms with Crippen LogP contribution in [-0.4, -0.2) is 14.3 Å². The molecule has 80 valence electrons. The largest absolute Gasteiger partial charge is 0.245 e. The molecule has 0 saturated heterocycles. The topological polar surface area (TPSA) is 62.5 Å². The molecule has 2 aromatic heterocycles. The van der Waals surface area contributed by atoms with Crippen LogP contribution >= 0.6 is 23.3 Å². The highest BCUT2D eigenvalue weighted by Gasteiger charge is 2.11. The van der Waals surface area contributed by atoms with Gasteiger partial charge in [-0.1, -0.05) is 0 Å². The molecule has 0 unspecified atom stereocenters. The van der Waals surface area contributed by atoms with Gasteiger partial charge in [-0.05, 0) is 48.8 Å². The summed E-state index contributed by atoms with van der Waals surface area (Å²) >= 11 is 2.69. The summed E-state index contributed by atoms with van der Waals surface area (Å²) in [5.74, 6) is 0. The Bertz CT molecular complexity index is 543. The Morgan fingerprint density at radius 1 is 1.44 bits per heavy atom. The summed E-state index contributed by atoms with van der Waals surface area (Å²) in [6, 6.07) is 4.08. The van der Waals surface area contributed by atoms with Crippen LogP contribution in [0.25, 0.3) is 0 Å². The van der Waals surface area contributed by atoms with Crippen molar-refractivity contribution in [3.63, 3.8) is 0 Å². The summed E-state index contributed by atoms with van der Waals surface area (Å²) in [4.78, 5) is 8.43. The molecule has 2 aromatic rings. The molecule has 0 aromatic carbocycles. The standard InChI is InChI=1S/C10H8N4S2/c1-6-3-7(2)14-9(8(6)4-11)15-10-12-5-13-16-10/h3,5H,1-2H3. The van der Waals surface area contributed by atoms with Crippen LogP contribution in [0.5, 0.6) is 0 Å². The van der Waals surface area contributed by atoms with E-state index in [-0.39, 0.29) is 0 Å². The Hall–Kier alpha value is -1.45. The van der Waals surface area contributed by atoms with E-state index in [1.807, 2.05) is 19.9 Å². The highest BCUT2D eigenvalue weighted by atomic mass is 32.2. The molecule has 2 heterocycles. The van der Waals surface area contributed by atoms with E-state index < -0.39 is 0 Å². The van der Waals surface area contributed by atoms with Crippen molar-refractivity contribution >= 4 is 23.3 Å². The lowest BCUT2D eigenvalue weighted by Gasteiger charge is -2.04. The van der Waals surface area contributed by atoms with Crippen LogP contribution < -0.4 is 0 Å². The van der Waals surface area contributed by atoms with Gasteiger partial charge in [0.25, 0.3) is 0 Å². The normalized spacial score (nSPS) is 10.1. The Kier molecular flexibility index (Phi) is 3.17. The number of aryl methyl sites for hydroxylation is 2. The van der Waals surface area contributed by atoms with Gasteiger partial charge in [-0.15, -0.1) is 0 Å². The minimum Gasteiger partial charge on any atom is -0.245 e. The van der Waals surface area contributed by atoms with Crippen molar-refractivity contribution in [2.45, 2.75) is 23.2 Å². The average molecular weight is 248 g/mol. The van der Waals surface area contributed by atoms with Crippen molar-refractivity contribution in [3.05, 3.63) is 29.2 Å². The summed E-state index contributed by atoms with van der Waals surface area (Å²) in [6.07, 6.45) is 1.50. The Labute approximate surface area is 102 Å². The van der Waals surface area contributed by atoms with E-state index in [1.165, 1.54) is 29.6 Å². The van der Waals surface area contributed by atoms with Crippen LogP contribution in [0, 0.1) is 25.2 Å². The summed E-state index contributed by atoms with van der Waals surface area (Å²) in [6.45, 7) is 3.83. The van der Waals surface area contributed by atoms with Gasteiger partial charge in [-0.2, -0.15) is 9.64 Å². The molecule has 0 saturated carbocycles. The van der Waals surface area contributed by atoms with Gasteiger partial charge in [-0.3, -0.25) is 0 Å². The monoisotopic (exact) mass is 248 g/mol. The Morgan fingerprint density at radius 2 is 2.25 bits per heavy atom. The molecule has 0 N–H and O–H groups in total. The van der Waals surface area contributed by atoms with Crippen LogP contribution in [0.1, 0.15) is 16.8 Å². The number of pyridine rings is 1. The Balaban J connectivity index is 2.44. The number of rotatable bonds is 2. The fourth-order valence-corrected chi connectivity index (χ4v) is 2.86. The first-order chi connectivity index (χ1) is 7.70. The lowest BCUT2D eigenvalue weighted by Crippen LogP contribution is -1.93. The molecule has 2 rings (SSSR count). The molecule has 4 nitrogen and oxygen atoms in total. The Morgan fingerprint density at radius 3 is 2.88 bits per heavy atom. The van der Waals surface area contributed by atoms with Gasteiger partial charge in [0.05, 0.1) is 5.56 Å². The van der Waals surface area contributed by atoms with Gasteiger partial charge in [0.2, 0.25) is 0 Å². The summed E-state index contributed by atoms with van der Waals surface area (Å²) in [5, 5.41) is 9.79. The fraction of sp³-hybridized carbons (Fsp3) is 0.200. The van der Waals surface area contributed by atoms with Gasteiger partial charge in [0, 0.05) is 5.69 Å². The smallest absolute Gasteiger partial charge is 0.176 e. The van der Waals surface area contributed by atoms with Crippen LogP contribution in [-0.2, 0) is 0 Å². The SMILES string of the molecule is Cc1cc(C)c(C#N)c(Sc2ncns2)n1. The molecule has 16 heavy (non-hydrogen) atoms. The van der Waals surface area contributed by atoms with Crippen molar-refractivity contribution in [1.82, 2.24) is 14.3 Å². The van der Waals surface area contributed by atoms with E-state index in [0.717, 1.165) is 15.6 Å². The number of hydrogen-bond donors (Lipinski definition) is 0. The number of hydrogen-bond acceptors (Lipinski definition) is 6. The van der Waals surface area contributed by atoms with Gasteiger partial charge < -0.3 is 0 Å². The van der Waals surface area contributed by atoms with E-state index in [2.05, 4.69) is 20.4 Å². The second kappa shape index (κ2) is 4.60. The molecule has 0 fully saturated rings. The summed E-state index contributed by atoms with van der Waals surface area (Å²) in [5.41, 5.74) is 2.47. The third kappa shape index (κ3) is 2.21. The third-order valence-corrected chi connectivity index (χ3v) is 3.65.